The zero-order chi connectivity index (χ0) is 21.9. The number of nitro groups is 1. The van der Waals surface area contributed by atoms with Gasteiger partial charge in [-0.25, -0.2) is 17.7 Å². The van der Waals surface area contributed by atoms with Crippen LogP contribution in [0, 0.1) is 10.1 Å². The number of nitro benzene ring substituents is 1. The van der Waals surface area contributed by atoms with Crippen molar-refractivity contribution in [1.29, 1.82) is 0 Å². The maximum atomic E-state index is 13.1. The molecule has 0 amide bonds. The number of non-ortho nitro benzene ring substituents is 1. The summed E-state index contributed by atoms with van der Waals surface area (Å²) in [5.74, 6) is 0.571. The van der Waals surface area contributed by atoms with Gasteiger partial charge in [-0.15, -0.1) is 11.3 Å². The van der Waals surface area contributed by atoms with Crippen molar-refractivity contribution in [2.75, 3.05) is 25.3 Å². The van der Waals surface area contributed by atoms with Gasteiger partial charge in [-0.2, -0.15) is 0 Å². The van der Waals surface area contributed by atoms with Gasteiger partial charge in [0.15, 0.2) is 11.5 Å². The molecule has 2 aromatic carbocycles. The molecule has 1 heterocycles. The first-order chi connectivity index (χ1) is 14.3. The number of aliphatic hydroxyl groups is 1. The highest BCUT2D eigenvalue weighted by atomic mass is 32.2. The van der Waals surface area contributed by atoms with Crippen LogP contribution >= 0.6 is 11.3 Å². The van der Waals surface area contributed by atoms with Crippen LogP contribution in [0.4, 0.5) is 10.8 Å². The Kier molecular flexibility index (Phi) is 6.20. The smallest absolute Gasteiger partial charge is 0.270 e. The molecule has 0 saturated carbocycles. The Bertz CT molecular complexity index is 1180. The minimum Gasteiger partial charge on any atom is -0.493 e. The molecule has 0 bridgehead atoms. The van der Waals surface area contributed by atoms with Crippen LogP contribution in [-0.4, -0.2) is 44.4 Å². The summed E-state index contributed by atoms with van der Waals surface area (Å²) in [6.07, 6.45) is 0. The van der Waals surface area contributed by atoms with E-state index in [1.165, 1.54) is 50.6 Å². The van der Waals surface area contributed by atoms with Crippen LogP contribution < -0.4 is 13.8 Å². The fourth-order valence-corrected chi connectivity index (χ4v) is 4.94. The molecular weight excluding hydrogens is 434 g/mol. The van der Waals surface area contributed by atoms with E-state index in [9.17, 15) is 23.6 Å². The minimum absolute atomic E-state index is 0.00814. The quantitative estimate of drug-likeness (QED) is 0.314. The molecule has 10 nitrogen and oxygen atoms in total. The second-order valence-electron chi connectivity index (χ2n) is 5.83. The number of benzene rings is 2. The molecule has 1 aromatic heterocycles. The summed E-state index contributed by atoms with van der Waals surface area (Å²) in [5.41, 5.74) is 0.687. The van der Waals surface area contributed by atoms with E-state index in [1.807, 2.05) is 0 Å². The van der Waals surface area contributed by atoms with E-state index < -0.39 is 21.7 Å². The number of ether oxygens (including phenoxy) is 2. The third-order valence-electron chi connectivity index (χ3n) is 4.13. The van der Waals surface area contributed by atoms with Gasteiger partial charge in [0.25, 0.3) is 15.7 Å². The maximum Gasteiger partial charge on any atom is 0.270 e. The van der Waals surface area contributed by atoms with E-state index in [4.69, 9.17) is 9.47 Å². The van der Waals surface area contributed by atoms with E-state index in [-0.39, 0.29) is 21.5 Å². The lowest BCUT2D eigenvalue weighted by Gasteiger charge is -2.19. The van der Waals surface area contributed by atoms with Gasteiger partial charge >= 0.3 is 0 Å². The molecule has 158 valence electrons. The second kappa shape index (κ2) is 8.65. The molecule has 0 atom stereocenters. The predicted molar refractivity (Wildman–Crippen MR) is 111 cm³/mol. The summed E-state index contributed by atoms with van der Waals surface area (Å²) in [6, 6.07) is 9.87. The van der Waals surface area contributed by atoms with Crippen molar-refractivity contribution in [3.63, 3.8) is 0 Å². The molecular formula is C18H17N3O7S2. The van der Waals surface area contributed by atoms with Crippen LogP contribution in [0.3, 0.4) is 0 Å². The van der Waals surface area contributed by atoms with E-state index >= 15 is 0 Å². The summed E-state index contributed by atoms with van der Waals surface area (Å²) >= 11 is 0.980. The van der Waals surface area contributed by atoms with Crippen molar-refractivity contribution in [3.05, 3.63) is 58.0 Å². The van der Waals surface area contributed by atoms with E-state index in [0.29, 0.717) is 17.0 Å². The van der Waals surface area contributed by atoms with Gasteiger partial charge in [-0.05, 0) is 12.1 Å². The van der Waals surface area contributed by atoms with Crippen molar-refractivity contribution >= 4 is 32.2 Å². The summed E-state index contributed by atoms with van der Waals surface area (Å²) in [7, 11) is -1.36. The molecule has 30 heavy (non-hydrogen) atoms. The number of nitrogens with zero attached hydrogens (tertiary/aromatic N) is 3. The molecule has 3 aromatic rings. The summed E-state index contributed by atoms with van der Waals surface area (Å²) < 4.78 is 37.1. The molecule has 0 aliphatic heterocycles. The number of aromatic nitrogens is 1. The minimum atomic E-state index is -4.16. The molecule has 12 heteroatoms. The SMILES string of the molecule is COc1ccc(S(=O)(=O)N(CO)c2nc(-c3cccc([N+](=O)[O-])c3)cs2)cc1OC. The van der Waals surface area contributed by atoms with Gasteiger partial charge in [0, 0.05) is 29.1 Å². The Morgan fingerprint density at radius 2 is 1.90 bits per heavy atom. The number of aliphatic hydroxyl groups excluding tert-OH is 1. The lowest BCUT2D eigenvalue weighted by Crippen LogP contribution is -2.31. The first-order valence-electron chi connectivity index (χ1n) is 8.37. The van der Waals surface area contributed by atoms with Gasteiger partial charge in [-0.3, -0.25) is 10.1 Å². The largest absolute Gasteiger partial charge is 0.493 e. The number of thiazole rings is 1. The molecule has 0 aliphatic carbocycles. The molecule has 0 fully saturated rings. The Labute approximate surface area is 176 Å². The van der Waals surface area contributed by atoms with E-state index in [1.54, 1.807) is 11.4 Å². The van der Waals surface area contributed by atoms with Crippen molar-refractivity contribution < 1.29 is 27.9 Å². The molecule has 0 saturated heterocycles. The number of sulfonamides is 1. The van der Waals surface area contributed by atoms with E-state index in [0.717, 1.165) is 15.6 Å². The van der Waals surface area contributed by atoms with Crippen LogP contribution in [0.25, 0.3) is 11.3 Å². The third-order valence-corrected chi connectivity index (χ3v) is 6.83. The van der Waals surface area contributed by atoms with E-state index in [2.05, 4.69) is 4.98 Å². The predicted octanol–water partition coefficient (Wildman–Crippen LogP) is 2.88. The average molecular weight is 451 g/mol. The van der Waals surface area contributed by atoms with Crippen molar-refractivity contribution in [3.8, 4) is 22.8 Å². The number of anilines is 1. The van der Waals surface area contributed by atoms with Gasteiger partial charge in [0.05, 0.1) is 29.7 Å². The Morgan fingerprint density at radius 3 is 2.53 bits per heavy atom. The number of hydrogen-bond acceptors (Lipinski definition) is 9. The van der Waals surface area contributed by atoms with Crippen LogP contribution in [0.5, 0.6) is 11.5 Å². The highest BCUT2D eigenvalue weighted by Gasteiger charge is 2.28. The number of hydrogen-bond donors (Lipinski definition) is 1. The molecule has 0 unspecified atom stereocenters. The molecule has 0 radical (unpaired) electrons. The van der Waals surface area contributed by atoms with Crippen molar-refractivity contribution in [1.82, 2.24) is 4.98 Å². The summed E-state index contributed by atoms with van der Waals surface area (Å²) in [5, 5.41) is 22.3. The highest BCUT2D eigenvalue weighted by molar-refractivity contribution is 7.93. The van der Waals surface area contributed by atoms with Gasteiger partial charge < -0.3 is 14.6 Å². The standard InChI is InChI=1S/C18H17N3O7S2/c1-27-16-7-6-14(9-17(16)28-2)30(25,26)20(11-22)18-19-15(10-29-18)12-4-3-5-13(8-12)21(23)24/h3-10,22H,11H2,1-2H3. The van der Waals surface area contributed by atoms with Crippen LogP contribution in [0.1, 0.15) is 0 Å². The first-order valence-corrected chi connectivity index (χ1v) is 10.7. The van der Waals surface area contributed by atoms with Gasteiger partial charge in [0.1, 0.15) is 6.73 Å². The Hall–Kier alpha value is -3.22. The second-order valence-corrected chi connectivity index (χ2v) is 8.53. The molecule has 3 rings (SSSR count). The molecule has 1 N–H and O–H groups in total. The zero-order valence-corrected chi connectivity index (χ0v) is 17.5. The zero-order valence-electron chi connectivity index (χ0n) is 15.9. The Balaban J connectivity index is 1.99. The highest BCUT2D eigenvalue weighted by Crippen LogP contribution is 2.34. The average Bonchev–Trinajstić information content (AvgIpc) is 3.23. The topological polar surface area (TPSA) is 132 Å². The Morgan fingerprint density at radius 1 is 1.17 bits per heavy atom. The third kappa shape index (κ3) is 4.06. The summed E-state index contributed by atoms with van der Waals surface area (Å²) in [6.45, 7) is -0.849. The molecule has 0 spiro atoms. The van der Waals surface area contributed by atoms with Gasteiger partial charge in [0.2, 0.25) is 5.13 Å². The first kappa shape index (κ1) is 21.5. The van der Waals surface area contributed by atoms with Crippen LogP contribution in [-0.2, 0) is 10.0 Å². The van der Waals surface area contributed by atoms with Crippen LogP contribution in [0.15, 0.2) is 52.7 Å². The maximum absolute atomic E-state index is 13.1. The monoisotopic (exact) mass is 451 g/mol. The molecule has 0 aliphatic rings. The normalized spacial score (nSPS) is 11.2. The summed E-state index contributed by atoms with van der Waals surface area (Å²) in [4.78, 5) is 14.6. The van der Waals surface area contributed by atoms with Gasteiger partial charge in [-0.1, -0.05) is 12.1 Å². The van der Waals surface area contributed by atoms with Crippen molar-refractivity contribution in [2.24, 2.45) is 0 Å². The van der Waals surface area contributed by atoms with Crippen molar-refractivity contribution in [2.45, 2.75) is 4.90 Å². The lowest BCUT2D eigenvalue weighted by molar-refractivity contribution is -0.384. The number of methoxy groups -OCH3 is 2. The number of rotatable bonds is 8. The fraction of sp³-hybridized carbons (Fsp3) is 0.167. The lowest BCUT2D eigenvalue weighted by atomic mass is 10.1. The fourth-order valence-electron chi connectivity index (χ4n) is 2.63. The van der Waals surface area contributed by atoms with Crippen LogP contribution in [0.2, 0.25) is 0 Å².